The molecule has 7 heteroatoms. The standard InChI is InChI=1S/C23H26N4O2S/c1-4-14-27-21(15-17-10-12-19(29-3)13-11-17)25-26-23(27)30-16-22(28)24-20-9-7-6-8-18(20)5-2/h4,6-13H,1,5,14-16H2,2-3H3,(H,24,28). The Labute approximate surface area is 181 Å². The fourth-order valence-corrected chi connectivity index (χ4v) is 3.83. The summed E-state index contributed by atoms with van der Waals surface area (Å²) < 4.78 is 7.20. The van der Waals surface area contributed by atoms with Crippen LogP contribution in [0, 0.1) is 0 Å². The number of rotatable bonds is 10. The van der Waals surface area contributed by atoms with Crippen LogP contribution in [0.3, 0.4) is 0 Å². The summed E-state index contributed by atoms with van der Waals surface area (Å²) in [7, 11) is 1.65. The van der Waals surface area contributed by atoms with Crippen molar-refractivity contribution in [1.29, 1.82) is 0 Å². The van der Waals surface area contributed by atoms with Gasteiger partial charge in [0.25, 0.3) is 0 Å². The van der Waals surface area contributed by atoms with E-state index in [9.17, 15) is 4.79 Å². The highest BCUT2D eigenvalue weighted by molar-refractivity contribution is 7.99. The number of carbonyl (C=O) groups is 1. The van der Waals surface area contributed by atoms with E-state index in [0.29, 0.717) is 18.1 Å². The monoisotopic (exact) mass is 422 g/mol. The van der Waals surface area contributed by atoms with Gasteiger partial charge in [0.2, 0.25) is 5.91 Å². The molecule has 3 aromatic rings. The molecule has 156 valence electrons. The Morgan fingerprint density at radius 3 is 2.67 bits per heavy atom. The molecule has 0 unspecified atom stereocenters. The van der Waals surface area contributed by atoms with Gasteiger partial charge in [-0.25, -0.2) is 0 Å². The largest absolute Gasteiger partial charge is 0.497 e. The van der Waals surface area contributed by atoms with Gasteiger partial charge in [-0.2, -0.15) is 0 Å². The predicted molar refractivity (Wildman–Crippen MR) is 121 cm³/mol. The van der Waals surface area contributed by atoms with Crippen LogP contribution >= 0.6 is 11.8 Å². The van der Waals surface area contributed by atoms with Crippen LogP contribution in [0.25, 0.3) is 0 Å². The van der Waals surface area contributed by atoms with Crippen molar-refractivity contribution in [3.63, 3.8) is 0 Å². The zero-order valence-corrected chi connectivity index (χ0v) is 18.1. The van der Waals surface area contributed by atoms with E-state index >= 15 is 0 Å². The number of allylic oxidation sites excluding steroid dienone is 1. The van der Waals surface area contributed by atoms with E-state index in [4.69, 9.17) is 4.74 Å². The lowest BCUT2D eigenvalue weighted by atomic mass is 10.1. The van der Waals surface area contributed by atoms with E-state index in [2.05, 4.69) is 29.0 Å². The molecule has 0 aliphatic heterocycles. The first-order valence-electron chi connectivity index (χ1n) is 9.81. The number of aryl methyl sites for hydroxylation is 1. The van der Waals surface area contributed by atoms with E-state index in [1.165, 1.54) is 11.8 Å². The normalized spacial score (nSPS) is 10.6. The third-order valence-electron chi connectivity index (χ3n) is 4.63. The second-order valence-electron chi connectivity index (χ2n) is 6.67. The average Bonchev–Trinajstić information content (AvgIpc) is 3.14. The van der Waals surface area contributed by atoms with Crippen LogP contribution < -0.4 is 10.1 Å². The summed E-state index contributed by atoms with van der Waals surface area (Å²) in [6, 6.07) is 15.7. The summed E-state index contributed by atoms with van der Waals surface area (Å²) in [4.78, 5) is 12.5. The first kappa shape index (κ1) is 21.6. The van der Waals surface area contributed by atoms with Crippen molar-refractivity contribution in [2.75, 3.05) is 18.2 Å². The van der Waals surface area contributed by atoms with Crippen LogP contribution in [-0.2, 0) is 24.2 Å². The summed E-state index contributed by atoms with van der Waals surface area (Å²) in [6.07, 6.45) is 3.32. The molecule has 0 atom stereocenters. The van der Waals surface area contributed by atoms with Crippen LogP contribution in [0.2, 0.25) is 0 Å². The molecule has 6 nitrogen and oxygen atoms in total. The van der Waals surface area contributed by atoms with Gasteiger partial charge in [-0.1, -0.05) is 55.1 Å². The van der Waals surface area contributed by atoms with Crippen LogP contribution in [0.4, 0.5) is 5.69 Å². The molecule has 0 spiro atoms. The summed E-state index contributed by atoms with van der Waals surface area (Å²) in [6.45, 7) is 6.49. The third kappa shape index (κ3) is 5.51. The second-order valence-corrected chi connectivity index (χ2v) is 7.61. The number of aromatic nitrogens is 3. The summed E-state index contributed by atoms with van der Waals surface area (Å²) in [5, 5.41) is 12.3. The minimum atomic E-state index is -0.0641. The number of nitrogens with zero attached hydrogens (tertiary/aromatic N) is 3. The van der Waals surface area contributed by atoms with Crippen LogP contribution in [-0.4, -0.2) is 33.5 Å². The topological polar surface area (TPSA) is 69.0 Å². The molecular formula is C23H26N4O2S. The lowest BCUT2D eigenvalue weighted by molar-refractivity contribution is -0.113. The molecule has 3 rings (SSSR count). The number of hydrogen-bond donors (Lipinski definition) is 1. The van der Waals surface area contributed by atoms with E-state index in [0.717, 1.165) is 34.8 Å². The molecule has 0 saturated carbocycles. The maximum Gasteiger partial charge on any atom is 0.234 e. The van der Waals surface area contributed by atoms with Gasteiger partial charge in [0.05, 0.1) is 12.9 Å². The van der Waals surface area contributed by atoms with Crippen molar-refractivity contribution in [3.8, 4) is 5.75 Å². The third-order valence-corrected chi connectivity index (χ3v) is 5.60. The van der Waals surface area contributed by atoms with E-state index in [1.807, 2.05) is 59.2 Å². The number of anilines is 1. The number of carbonyl (C=O) groups excluding carboxylic acids is 1. The number of ether oxygens (including phenoxy) is 1. The molecule has 0 fully saturated rings. The Morgan fingerprint density at radius 1 is 1.20 bits per heavy atom. The van der Waals surface area contributed by atoms with Gasteiger partial charge < -0.3 is 14.6 Å². The van der Waals surface area contributed by atoms with Crippen molar-refractivity contribution in [3.05, 3.63) is 78.1 Å². The smallest absolute Gasteiger partial charge is 0.234 e. The minimum absolute atomic E-state index is 0.0641. The van der Waals surface area contributed by atoms with Gasteiger partial charge in [-0.3, -0.25) is 4.79 Å². The van der Waals surface area contributed by atoms with Gasteiger partial charge in [0.1, 0.15) is 11.6 Å². The fourth-order valence-electron chi connectivity index (χ4n) is 3.06. The number of benzene rings is 2. The zero-order valence-electron chi connectivity index (χ0n) is 17.3. The molecule has 1 amide bonds. The molecule has 1 aromatic heterocycles. The highest BCUT2D eigenvalue weighted by Gasteiger charge is 2.14. The van der Waals surface area contributed by atoms with E-state index in [1.54, 1.807) is 7.11 Å². The molecule has 0 aliphatic rings. The quantitative estimate of drug-likeness (QED) is 0.388. The average molecular weight is 423 g/mol. The van der Waals surface area contributed by atoms with Gasteiger partial charge in [0, 0.05) is 18.7 Å². The lowest BCUT2D eigenvalue weighted by Gasteiger charge is -2.10. The van der Waals surface area contributed by atoms with Gasteiger partial charge in [-0.05, 0) is 35.7 Å². The Hall–Kier alpha value is -3.06. The first-order valence-corrected chi connectivity index (χ1v) is 10.8. The Morgan fingerprint density at radius 2 is 1.97 bits per heavy atom. The molecule has 0 saturated heterocycles. The lowest BCUT2D eigenvalue weighted by Crippen LogP contribution is -2.16. The van der Waals surface area contributed by atoms with Crippen molar-refractivity contribution in [2.45, 2.75) is 31.5 Å². The van der Waals surface area contributed by atoms with Crippen molar-refractivity contribution in [2.24, 2.45) is 0 Å². The molecule has 30 heavy (non-hydrogen) atoms. The Kier molecular flexibility index (Phi) is 7.68. The van der Waals surface area contributed by atoms with Crippen molar-refractivity contribution < 1.29 is 9.53 Å². The minimum Gasteiger partial charge on any atom is -0.497 e. The SMILES string of the molecule is C=CCn1c(Cc2ccc(OC)cc2)nnc1SCC(=O)Nc1ccccc1CC. The molecule has 1 N–H and O–H groups in total. The van der Waals surface area contributed by atoms with E-state index < -0.39 is 0 Å². The number of nitrogens with one attached hydrogen (secondary N) is 1. The molecule has 0 aliphatic carbocycles. The predicted octanol–water partition coefficient (Wildman–Crippen LogP) is 4.36. The van der Waals surface area contributed by atoms with Gasteiger partial charge in [0.15, 0.2) is 5.16 Å². The van der Waals surface area contributed by atoms with Gasteiger partial charge in [-0.15, -0.1) is 16.8 Å². The molecule has 1 heterocycles. The molecule has 0 radical (unpaired) electrons. The van der Waals surface area contributed by atoms with Crippen LogP contribution in [0.1, 0.15) is 23.9 Å². The van der Waals surface area contributed by atoms with Crippen molar-refractivity contribution >= 4 is 23.4 Å². The zero-order chi connectivity index (χ0) is 21.3. The summed E-state index contributed by atoms with van der Waals surface area (Å²) in [5.41, 5.74) is 3.09. The van der Waals surface area contributed by atoms with Crippen molar-refractivity contribution in [1.82, 2.24) is 14.8 Å². The van der Waals surface area contributed by atoms with Crippen LogP contribution in [0.15, 0.2) is 66.3 Å². The Balaban J connectivity index is 1.66. The van der Waals surface area contributed by atoms with E-state index in [-0.39, 0.29) is 11.7 Å². The number of hydrogen-bond acceptors (Lipinski definition) is 5. The van der Waals surface area contributed by atoms with Gasteiger partial charge >= 0.3 is 0 Å². The number of para-hydroxylation sites is 1. The molecule has 0 bridgehead atoms. The summed E-state index contributed by atoms with van der Waals surface area (Å²) >= 11 is 1.37. The Bertz CT molecular complexity index is 999. The van der Waals surface area contributed by atoms with Crippen LogP contribution in [0.5, 0.6) is 5.75 Å². The number of amides is 1. The maximum atomic E-state index is 12.5. The number of methoxy groups -OCH3 is 1. The molecule has 2 aromatic carbocycles. The fraction of sp³-hybridized carbons (Fsp3) is 0.261. The number of thioether (sulfide) groups is 1. The highest BCUT2D eigenvalue weighted by atomic mass is 32.2. The summed E-state index contributed by atoms with van der Waals surface area (Å²) in [5.74, 6) is 1.85. The first-order chi connectivity index (χ1) is 14.6. The molecular weight excluding hydrogens is 396 g/mol. The second kappa shape index (κ2) is 10.6. The maximum absolute atomic E-state index is 12.5. The highest BCUT2D eigenvalue weighted by Crippen LogP contribution is 2.21.